The van der Waals surface area contributed by atoms with Crippen molar-refractivity contribution in [3.05, 3.63) is 36.2 Å². The van der Waals surface area contributed by atoms with Crippen LogP contribution in [0.2, 0.25) is 0 Å². The molecule has 0 bridgehead atoms. The SMILES string of the molecule is CC(C)OCCCNCc1cnn2ccccc12. The maximum absolute atomic E-state index is 5.49. The van der Waals surface area contributed by atoms with E-state index in [1.165, 1.54) is 11.1 Å². The smallest absolute Gasteiger partial charge is 0.0706 e. The van der Waals surface area contributed by atoms with E-state index in [-0.39, 0.29) is 0 Å². The Morgan fingerprint density at radius 1 is 1.39 bits per heavy atom. The third-order valence-electron chi connectivity index (χ3n) is 2.77. The van der Waals surface area contributed by atoms with Crippen molar-refractivity contribution in [2.45, 2.75) is 32.9 Å². The van der Waals surface area contributed by atoms with E-state index in [1.807, 2.05) is 29.0 Å². The molecule has 0 aliphatic heterocycles. The van der Waals surface area contributed by atoms with Crippen LogP contribution in [0, 0.1) is 0 Å². The fourth-order valence-corrected chi connectivity index (χ4v) is 1.86. The van der Waals surface area contributed by atoms with E-state index in [0.717, 1.165) is 26.1 Å². The highest BCUT2D eigenvalue weighted by atomic mass is 16.5. The van der Waals surface area contributed by atoms with Crippen LogP contribution in [-0.4, -0.2) is 28.9 Å². The highest BCUT2D eigenvalue weighted by Crippen LogP contribution is 2.09. The van der Waals surface area contributed by atoms with Crippen molar-refractivity contribution in [3.8, 4) is 0 Å². The number of fused-ring (bicyclic) bond motifs is 1. The first-order valence-electron chi connectivity index (χ1n) is 6.51. The van der Waals surface area contributed by atoms with Gasteiger partial charge in [-0.2, -0.15) is 5.10 Å². The van der Waals surface area contributed by atoms with E-state index in [1.54, 1.807) is 0 Å². The average Bonchev–Trinajstić information content (AvgIpc) is 2.77. The van der Waals surface area contributed by atoms with Crippen LogP contribution < -0.4 is 5.32 Å². The summed E-state index contributed by atoms with van der Waals surface area (Å²) in [5, 5.41) is 7.73. The van der Waals surface area contributed by atoms with Crippen LogP contribution >= 0.6 is 0 Å². The molecule has 0 saturated heterocycles. The second kappa shape index (κ2) is 6.52. The number of hydrogen-bond acceptors (Lipinski definition) is 3. The largest absolute Gasteiger partial charge is 0.379 e. The maximum Gasteiger partial charge on any atom is 0.0706 e. The van der Waals surface area contributed by atoms with Crippen LogP contribution in [0.25, 0.3) is 5.52 Å². The minimum absolute atomic E-state index is 0.324. The molecule has 0 atom stereocenters. The highest BCUT2D eigenvalue weighted by Gasteiger charge is 2.01. The second-order valence-corrected chi connectivity index (χ2v) is 4.65. The van der Waals surface area contributed by atoms with E-state index in [9.17, 15) is 0 Å². The van der Waals surface area contributed by atoms with Gasteiger partial charge < -0.3 is 10.1 Å². The summed E-state index contributed by atoms with van der Waals surface area (Å²) in [6.45, 7) is 6.77. The summed E-state index contributed by atoms with van der Waals surface area (Å²) < 4.78 is 7.39. The van der Waals surface area contributed by atoms with Gasteiger partial charge in [0.15, 0.2) is 0 Å². The predicted molar refractivity (Wildman–Crippen MR) is 72.6 cm³/mol. The topological polar surface area (TPSA) is 38.6 Å². The van der Waals surface area contributed by atoms with Crippen molar-refractivity contribution in [2.24, 2.45) is 0 Å². The molecular formula is C14H21N3O. The van der Waals surface area contributed by atoms with Crippen LogP contribution in [0.5, 0.6) is 0 Å². The zero-order chi connectivity index (χ0) is 12.8. The summed E-state index contributed by atoms with van der Waals surface area (Å²) in [6.07, 6.45) is 5.25. The summed E-state index contributed by atoms with van der Waals surface area (Å²) in [5.74, 6) is 0. The molecule has 0 unspecified atom stereocenters. The minimum atomic E-state index is 0.324. The molecule has 18 heavy (non-hydrogen) atoms. The molecule has 0 aliphatic carbocycles. The quantitative estimate of drug-likeness (QED) is 0.763. The van der Waals surface area contributed by atoms with Gasteiger partial charge in [-0.1, -0.05) is 6.07 Å². The van der Waals surface area contributed by atoms with Crippen molar-refractivity contribution in [3.63, 3.8) is 0 Å². The van der Waals surface area contributed by atoms with Gasteiger partial charge in [0.25, 0.3) is 0 Å². The summed E-state index contributed by atoms with van der Waals surface area (Å²) in [5.41, 5.74) is 2.41. The molecule has 0 spiro atoms. The van der Waals surface area contributed by atoms with Gasteiger partial charge in [-0.25, -0.2) is 4.52 Å². The van der Waals surface area contributed by atoms with Crippen molar-refractivity contribution < 1.29 is 4.74 Å². The molecule has 2 heterocycles. The van der Waals surface area contributed by atoms with Gasteiger partial charge in [-0.3, -0.25) is 0 Å². The lowest BCUT2D eigenvalue weighted by atomic mass is 10.2. The van der Waals surface area contributed by atoms with Gasteiger partial charge in [0.2, 0.25) is 0 Å². The number of pyridine rings is 1. The van der Waals surface area contributed by atoms with Crippen LogP contribution in [-0.2, 0) is 11.3 Å². The Balaban J connectivity index is 1.74. The molecule has 0 radical (unpaired) electrons. The molecule has 1 N–H and O–H groups in total. The van der Waals surface area contributed by atoms with Crippen LogP contribution in [0.1, 0.15) is 25.8 Å². The fourth-order valence-electron chi connectivity index (χ4n) is 1.86. The molecule has 98 valence electrons. The summed E-state index contributed by atoms with van der Waals surface area (Å²) in [7, 11) is 0. The van der Waals surface area contributed by atoms with Crippen LogP contribution in [0.4, 0.5) is 0 Å². The Morgan fingerprint density at radius 2 is 2.28 bits per heavy atom. The molecule has 0 fully saturated rings. The van der Waals surface area contributed by atoms with Crippen molar-refractivity contribution in [2.75, 3.05) is 13.2 Å². The van der Waals surface area contributed by atoms with E-state index >= 15 is 0 Å². The zero-order valence-electron chi connectivity index (χ0n) is 11.1. The number of hydrogen-bond donors (Lipinski definition) is 1. The number of aromatic nitrogens is 2. The maximum atomic E-state index is 5.49. The van der Waals surface area contributed by atoms with Gasteiger partial charge >= 0.3 is 0 Å². The molecule has 0 aromatic carbocycles. The number of rotatable bonds is 7. The molecule has 2 aromatic rings. The average molecular weight is 247 g/mol. The molecule has 2 rings (SSSR count). The zero-order valence-corrected chi connectivity index (χ0v) is 11.1. The van der Waals surface area contributed by atoms with Gasteiger partial charge in [-0.15, -0.1) is 0 Å². The van der Waals surface area contributed by atoms with Crippen molar-refractivity contribution in [1.82, 2.24) is 14.9 Å². The van der Waals surface area contributed by atoms with Gasteiger partial charge in [0.05, 0.1) is 17.8 Å². The summed E-state index contributed by atoms with van der Waals surface area (Å²) in [4.78, 5) is 0. The standard InChI is InChI=1S/C14H21N3O/c1-12(2)18-9-5-7-15-10-13-11-16-17-8-4-3-6-14(13)17/h3-4,6,8,11-12,15H,5,7,9-10H2,1-2H3. The Hall–Kier alpha value is -1.39. The molecule has 0 saturated carbocycles. The second-order valence-electron chi connectivity index (χ2n) is 4.65. The lowest BCUT2D eigenvalue weighted by Crippen LogP contribution is -2.17. The summed E-state index contributed by atoms with van der Waals surface area (Å²) in [6, 6.07) is 6.11. The number of nitrogens with zero attached hydrogens (tertiary/aromatic N) is 2. The molecule has 0 aliphatic rings. The first-order chi connectivity index (χ1) is 8.77. The minimum Gasteiger partial charge on any atom is -0.379 e. The number of nitrogens with one attached hydrogen (secondary N) is 1. The highest BCUT2D eigenvalue weighted by molar-refractivity contribution is 5.53. The fraction of sp³-hybridized carbons (Fsp3) is 0.500. The van der Waals surface area contributed by atoms with Crippen LogP contribution in [0.3, 0.4) is 0 Å². The van der Waals surface area contributed by atoms with Gasteiger partial charge in [-0.05, 0) is 38.9 Å². The monoisotopic (exact) mass is 247 g/mol. The van der Waals surface area contributed by atoms with Crippen molar-refractivity contribution in [1.29, 1.82) is 0 Å². The van der Waals surface area contributed by atoms with E-state index < -0.39 is 0 Å². The van der Waals surface area contributed by atoms with E-state index in [0.29, 0.717) is 6.10 Å². The first kappa shape index (κ1) is 13.1. The Kier molecular flexibility index (Phi) is 4.73. The lowest BCUT2D eigenvalue weighted by molar-refractivity contribution is 0.0770. The molecule has 4 heteroatoms. The first-order valence-corrected chi connectivity index (χ1v) is 6.51. The molecular weight excluding hydrogens is 226 g/mol. The predicted octanol–water partition coefficient (Wildman–Crippen LogP) is 2.24. The number of ether oxygens (including phenoxy) is 1. The normalized spacial score (nSPS) is 11.5. The summed E-state index contributed by atoms with van der Waals surface area (Å²) >= 11 is 0. The molecule has 4 nitrogen and oxygen atoms in total. The Bertz CT molecular complexity index is 479. The Labute approximate surface area is 108 Å². The van der Waals surface area contributed by atoms with Gasteiger partial charge in [0.1, 0.15) is 0 Å². The Morgan fingerprint density at radius 3 is 3.11 bits per heavy atom. The molecule has 0 amide bonds. The van der Waals surface area contributed by atoms with Crippen LogP contribution in [0.15, 0.2) is 30.6 Å². The van der Waals surface area contributed by atoms with Gasteiger partial charge in [0, 0.05) is 24.9 Å². The van der Waals surface area contributed by atoms with E-state index in [2.05, 4.69) is 30.3 Å². The molecule has 2 aromatic heterocycles. The lowest BCUT2D eigenvalue weighted by Gasteiger charge is -2.07. The third kappa shape index (κ3) is 3.55. The van der Waals surface area contributed by atoms with E-state index in [4.69, 9.17) is 4.74 Å². The van der Waals surface area contributed by atoms with Crippen molar-refractivity contribution >= 4 is 5.52 Å². The third-order valence-corrected chi connectivity index (χ3v) is 2.77.